The minimum absolute atomic E-state index is 0.238. The van der Waals surface area contributed by atoms with Crippen molar-refractivity contribution < 1.29 is 14.6 Å². The monoisotopic (exact) mass is 561 g/mol. The molecule has 5 aromatic rings. The molecule has 0 saturated heterocycles. The number of carbonyl (C=O) groups is 1. The fourth-order valence-corrected chi connectivity index (χ4v) is 6.98. The van der Waals surface area contributed by atoms with Gasteiger partial charge < -0.3 is 15.6 Å². The lowest BCUT2D eigenvalue weighted by Gasteiger charge is -2.49. The minimum Gasteiger partial charge on any atom is -0.487 e. The van der Waals surface area contributed by atoms with Crippen LogP contribution < -0.4 is 10.5 Å². The number of nitrogens with zero attached hydrogens (tertiary/aromatic N) is 2. The van der Waals surface area contributed by atoms with Gasteiger partial charge in [-0.3, -0.25) is 4.79 Å². The number of hydrogen-bond donors (Lipinski definition) is 2. The second-order valence-corrected chi connectivity index (χ2v) is 12.4. The maximum absolute atomic E-state index is 11.8. The third-order valence-electron chi connectivity index (χ3n) is 9.08. The molecule has 4 aromatic carbocycles. The Morgan fingerprint density at radius 3 is 2.40 bits per heavy atom. The number of hydrogen-bond acceptors (Lipinski definition) is 5. The summed E-state index contributed by atoms with van der Waals surface area (Å²) in [6, 6.07) is 23.8. The number of aryl methyl sites for hydroxylation is 1. The van der Waals surface area contributed by atoms with E-state index in [1.807, 2.05) is 30.3 Å². The van der Waals surface area contributed by atoms with Crippen molar-refractivity contribution in [2.75, 3.05) is 6.61 Å². The number of nitrogens with two attached hydrogens (primary N) is 1. The Hall–Kier alpha value is -4.03. The molecule has 42 heavy (non-hydrogen) atoms. The third-order valence-corrected chi connectivity index (χ3v) is 9.08. The molecule has 0 bridgehead atoms. The van der Waals surface area contributed by atoms with Crippen LogP contribution in [0.25, 0.3) is 32.8 Å². The van der Waals surface area contributed by atoms with Gasteiger partial charge in [0.05, 0.1) is 22.1 Å². The summed E-state index contributed by atoms with van der Waals surface area (Å²) in [5, 5.41) is 10.7. The number of amides is 1. The van der Waals surface area contributed by atoms with Crippen LogP contribution in [0.15, 0.2) is 72.8 Å². The molecular formula is C36H39N3O3. The van der Waals surface area contributed by atoms with Crippen molar-refractivity contribution in [3.05, 3.63) is 89.5 Å². The first kappa shape index (κ1) is 28.1. The summed E-state index contributed by atoms with van der Waals surface area (Å²) >= 11 is 0. The number of fused-ring (bicyclic) bond motifs is 9. The first-order valence-electron chi connectivity index (χ1n) is 15.1. The van der Waals surface area contributed by atoms with Gasteiger partial charge in [0, 0.05) is 34.4 Å². The number of aliphatic hydroxyl groups excluding tert-OH is 1. The van der Waals surface area contributed by atoms with Crippen molar-refractivity contribution >= 4 is 38.7 Å². The van der Waals surface area contributed by atoms with E-state index in [0.717, 1.165) is 58.8 Å². The summed E-state index contributed by atoms with van der Waals surface area (Å²) in [4.78, 5) is 21.9. The van der Waals surface area contributed by atoms with Crippen molar-refractivity contribution in [1.82, 2.24) is 9.97 Å². The van der Waals surface area contributed by atoms with Crippen molar-refractivity contribution in [2.45, 2.75) is 64.4 Å². The molecule has 3 N–H and O–H groups in total. The molecule has 6 heteroatoms. The zero-order chi connectivity index (χ0) is 29.4. The van der Waals surface area contributed by atoms with Crippen LogP contribution in [0.4, 0.5) is 0 Å². The Balaban J connectivity index is 0.000000269. The minimum atomic E-state index is -0.458. The number of ether oxygens (including phenoxy) is 1. The van der Waals surface area contributed by atoms with E-state index in [1.54, 1.807) is 12.1 Å². The van der Waals surface area contributed by atoms with Gasteiger partial charge in [-0.05, 0) is 75.1 Å². The van der Waals surface area contributed by atoms with Gasteiger partial charge in [-0.15, -0.1) is 0 Å². The summed E-state index contributed by atoms with van der Waals surface area (Å²) < 4.78 is 6.78. The predicted molar refractivity (Wildman–Crippen MR) is 169 cm³/mol. The van der Waals surface area contributed by atoms with Gasteiger partial charge >= 0.3 is 0 Å². The van der Waals surface area contributed by atoms with Crippen LogP contribution in [0.3, 0.4) is 0 Å². The number of benzene rings is 4. The van der Waals surface area contributed by atoms with Gasteiger partial charge in [-0.2, -0.15) is 0 Å². The van der Waals surface area contributed by atoms with Crippen molar-refractivity contribution in [2.24, 2.45) is 17.6 Å². The van der Waals surface area contributed by atoms with E-state index >= 15 is 0 Å². The van der Waals surface area contributed by atoms with Gasteiger partial charge in [0.1, 0.15) is 11.4 Å². The maximum Gasteiger partial charge on any atom is 0.248 e. The van der Waals surface area contributed by atoms with Crippen LogP contribution in [0.1, 0.15) is 73.9 Å². The molecule has 0 radical (unpaired) electrons. The quantitative estimate of drug-likeness (QED) is 0.177. The molecule has 1 unspecified atom stereocenters. The lowest BCUT2D eigenvalue weighted by molar-refractivity contribution is -0.0115. The number of carbonyl (C=O) groups excluding carboxylic acids is 1. The van der Waals surface area contributed by atoms with E-state index in [1.165, 1.54) is 17.5 Å². The van der Waals surface area contributed by atoms with Crippen molar-refractivity contribution in [3.63, 3.8) is 0 Å². The van der Waals surface area contributed by atoms with Gasteiger partial charge in [-0.25, -0.2) is 9.97 Å². The Morgan fingerprint density at radius 1 is 0.952 bits per heavy atom. The SMILES string of the molecule is C[C@@H]1CC[C@@H]2C(C1)c1c(c3ccccc3c3nc4ccc(C(N)=O)cc4nc13)OC2(C)C.OCCCc1ccccc1. The Bertz CT molecular complexity index is 1770. The molecule has 3 atom stereocenters. The summed E-state index contributed by atoms with van der Waals surface area (Å²) in [5.74, 6) is 1.96. The van der Waals surface area contributed by atoms with Crippen LogP contribution in [0, 0.1) is 11.8 Å². The molecule has 0 spiro atoms. The van der Waals surface area contributed by atoms with Gasteiger partial charge in [0.15, 0.2) is 0 Å². The largest absolute Gasteiger partial charge is 0.487 e. The average Bonchev–Trinajstić information content (AvgIpc) is 2.99. The normalized spacial score (nSPS) is 20.7. The maximum atomic E-state index is 11.8. The molecule has 1 saturated carbocycles. The fourth-order valence-electron chi connectivity index (χ4n) is 6.98. The van der Waals surface area contributed by atoms with E-state index in [2.05, 4.69) is 51.1 Å². The zero-order valence-corrected chi connectivity index (χ0v) is 24.6. The van der Waals surface area contributed by atoms with Crippen molar-refractivity contribution in [1.29, 1.82) is 0 Å². The number of primary amides is 1. The topological polar surface area (TPSA) is 98.3 Å². The van der Waals surface area contributed by atoms with Gasteiger partial charge in [-0.1, -0.05) is 67.9 Å². The smallest absolute Gasteiger partial charge is 0.248 e. The average molecular weight is 562 g/mol. The molecule has 1 aliphatic heterocycles. The molecule has 1 aliphatic carbocycles. The predicted octanol–water partition coefficient (Wildman–Crippen LogP) is 7.34. The van der Waals surface area contributed by atoms with Crippen LogP contribution >= 0.6 is 0 Å². The molecule has 1 aromatic heterocycles. The van der Waals surface area contributed by atoms with Crippen LogP contribution in [0.2, 0.25) is 0 Å². The molecule has 1 amide bonds. The Kier molecular flexibility index (Phi) is 7.58. The second kappa shape index (κ2) is 11.3. The summed E-state index contributed by atoms with van der Waals surface area (Å²) in [6.07, 6.45) is 5.35. The number of aliphatic hydroxyl groups is 1. The number of aromatic nitrogens is 2. The van der Waals surface area contributed by atoms with Crippen LogP contribution in [-0.2, 0) is 6.42 Å². The van der Waals surface area contributed by atoms with E-state index in [-0.39, 0.29) is 12.2 Å². The fraction of sp³-hybridized carbons (Fsp3) is 0.361. The molecule has 2 heterocycles. The van der Waals surface area contributed by atoms with Crippen LogP contribution in [0.5, 0.6) is 5.75 Å². The summed E-state index contributed by atoms with van der Waals surface area (Å²) in [7, 11) is 0. The summed E-state index contributed by atoms with van der Waals surface area (Å²) in [5.41, 5.74) is 11.5. The Labute approximate surface area is 246 Å². The highest BCUT2D eigenvalue weighted by atomic mass is 16.5. The van der Waals surface area contributed by atoms with E-state index < -0.39 is 5.91 Å². The van der Waals surface area contributed by atoms with Crippen molar-refractivity contribution in [3.8, 4) is 5.75 Å². The van der Waals surface area contributed by atoms with Gasteiger partial charge in [0.2, 0.25) is 5.91 Å². The first-order chi connectivity index (χ1) is 20.3. The lowest BCUT2D eigenvalue weighted by atomic mass is 9.64. The molecule has 2 aliphatic rings. The lowest BCUT2D eigenvalue weighted by Crippen LogP contribution is -2.46. The standard InChI is InChI=1S/C27H27N3O2.C9H12O/c1-14-8-10-19-18(12-14)22-24-23(29-20-11-9-15(26(28)31)13-21(20)30-24)16-6-4-5-7-17(16)25(22)32-27(19,2)3;10-8-4-7-9-5-2-1-3-6-9/h4-7,9,11,13-14,18-19H,8,10,12H2,1-3H3,(H2,28,31);1-3,5-6,10H,4,7-8H2/t14-,18?,19-;/m1./s1. The molecule has 7 rings (SSSR count). The van der Waals surface area contributed by atoms with E-state index in [9.17, 15) is 4.79 Å². The van der Waals surface area contributed by atoms with Crippen LogP contribution in [-0.4, -0.2) is 33.2 Å². The van der Waals surface area contributed by atoms with E-state index in [0.29, 0.717) is 28.8 Å². The van der Waals surface area contributed by atoms with Gasteiger partial charge in [0.25, 0.3) is 0 Å². The zero-order valence-electron chi connectivity index (χ0n) is 24.6. The summed E-state index contributed by atoms with van der Waals surface area (Å²) in [6.45, 7) is 7.10. The van der Waals surface area contributed by atoms with E-state index in [4.69, 9.17) is 25.5 Å². The number of rotatable bonds is 4. The molecule has 216 valence electrons. The molecular weight excluding hydrogens is 522 g/mol. The highest BCUT2D eigenvalue weighted by molar-refractivity contribution is 6.11. The second-order valence-electron chi connectivity index (χ2n) is 12.4. The highest BCUT2D eigenvalue weighted by Crippen LogP contribution is 2.56. The molecule has 1 fully saturated rings. The molecule has 6 nitrogen and oxygen atoms in total. The first-order valence-corrected chi connectivity index (χ1v) is 15.1. The Morgan fingerprint density at radius 2 is 1.67 bits per heavy atom. The highest BCUT2D eigenvalue weighted by Gasteiger charge is 2.47. The third kappa shape index (κ3) is 5.20.